The monoisotopic (exact) mass is 268 g/mol. The van der Waals surface area contributed by atoms with Crippen LogP contribution in [0.3, 0.4) is 0 Å². The first-order chi connectivity index (χ1) is 8.99. The minimum Gasteiger partial charge on any atom is -0.393 e. The van der Waals surface area contributed by atoms with Crippen LogP contribution >= 0.6 is 0 Å². The number of amides is 1. The van der Waals surface area contributed by atoms with E-state index in [4.69, 9.17) is 5.73 Å². The number of nitrogens with zero attached hydrogens (tertiary/aromatic N) is 1. The summed E-state index contributed by atoms with van der Waals surface area (Å²) in [5.41, 5.74) is 6.02. The lowest BCUT2D eigenvalue weighted by atomic mass is 9.78. The van der Waals surface area contributed by atoms with E-state index in [2.05, 4.69) is 6.92 Å². The molecular weight excluding hydrogens is 240 g/mol. The average molecular weight is 268 g/mol. The Balaban J connectivity index is 1.89. The van der Waals surface area contributed by atoms with Crippen LogP contribution in [0.2, 0.25) is 0 Å². The molecule has 4 heteroatoms. The molecule has 1 amide bonds. The first-order valence-corrected chi connectivity index (χ1v) is 7.71. The molecule has 2 aliphatic rings. The Hall–Kier alpha value is -0.610. The maximum atomic E-state index is 12.5. The van der Waals surface area contributed by atoms with E-state index < -0.39 is 0 Å². The molecule has 2 rings (SSSR count). The lowest BCUT2D eigenvalue weighted by Gasteiger charge is -2.32. The first-order valence-electron chi connectivity index (χ1n) is 7.71. The second kappa shape index (κ2) is 6.23. The summed E-state index contributed by atoms with van der Waals surface area (Å²) in [4.78, 5) is 14.5. The van der Waals surface area contributed by atoms with Crippen molar-refractivity contribution in [3.05, 3.63) is 0 Å². The van der Waals surface area contributed by atoms with Crippen molar-refractivity contribution in [1.29, 1.82) is 0 Å². The smallest absolute Gasteiger partial charge is 0.225 e. The zero-order valence-electron chi connectivity index (χ0n) is 12.2. The van der Waals surface area contributed by atoms with Gasteiger partial charge in [0.05, 0.1) is 6.10 Å². The molecule has 1 aliphatic carbocycles. The van der Waals surface area contributed by atoms with E-state index in [1.165, 1.54) is 0 Å². The quantitative estimate of drug-likeness (QED) is 0.812. The number of likely N-dealkylation sites (tertiary alicyclic amines) is 1. The van der Waals surface area contributed by atoms with E-state index >= 15 is 0 Å². The summed E-state index contributed by atoms with van der Waals surface area (Å²) in [7, 11) is 0. The van der Waals surface area contributed by atoms with Crippen LogP contribution in [0.15, 0.2) is 0 Å². The molecule has 1 aliphatic heterocycles. The van der Waals surface area contributed by atoms with Crippen LogP contribution in [0.5, 0.6) is 0 Å². The molecule has 3 N–H and O–H groups in total. The number of rotatable bonds is 3. The van der Waals surface area contributed by atoms with Gasteiger partial charge in [0.25, 0.3) is 0 Å². The van der Waals surface area contributed by atoms with Gasteiger partial charge in [-0.3, -0.25) is 4.79 Å². The summed E-state index contributed by atoms with van der Waals surface area (Å²) in [5.74, 6) is 1.05. The zero-order chi connectivity index (χ0) is 14.0. The van der Waals surface area contributed by atoms with E-state index in [9.17, 15) is 9.90 Å². The van der Waals surface area contributed by atoms with Gasteiger partial charge in [0, 0.05) is 31.0 Å². The maximum Gasteiger partial charge on any atom is 0.225 e. The van der Waals surface area contributed by atoms with E-state index in [0.29, 0.717) is 5.92 Å². The van der Waals surface area contributed by atoms with Crippen molar-refractivity contribution in [1.82, 2.24) is 4.90 Å². The standard InChI is InChI=1S/C15H28N2O2/c1-10(12-4-3-5-14(16)8-12)15(19)17-7-6-13(9-17)11(2)18/h10-14,18H,3-9,16H2,1-2H3. The molecule has 4 nitrogen and oxygen atoms in total. The third-order valence-corrected chi connectivity index (χ3v) is 5.07. The Morgan fingerprint density at radius 1 is 1.26 bits per heavy atom. The highest BCUT2D eigenvalue weighted by atomic mass is 16.3. The van der Waals surface area contributed by atoms with Gasteiger partial charge < -0.3 is 15.7 Å². The van der Waals surface area contributed by atoms with Crippen LogP contribution in [0.1, 0.15) is 46.0 Å². The van der Waals surface area contributed by atoms with Crippen molar-refractivity contribution in [2.24, 2.45) is 23.5 Å². The molecule has 0 aromatic carbocycles. The SMILES string of the molecule is CC(O)C1CCN(C(=O)C(C)C2CCCC(N)C2)C1. The molecule has 2 fully saturated rings. The van der Waals surface area contributed by atoms with Crippen molar-refractivity contribution in [3.8, 4) is 0 Å². The fourth-order valence-electron chi connectivity index (χ4n) is 3.59. The lowest BCUT2D eigenvalue weighted by molar-refractivity contribution is -0.136. The Bertz CT molecular complexity index is 319. The van der Waals surface area contributed by atoms with E-state index in [-0.39, 0.29) is 29.9 Å². The number of aliphatic hydroxyl groups is 1. The second-order valence-corrected chi connectivity index (χ2v) is 6.55. The van der Waals surface area contributed by atoms with Crippen LogP contribution in [0.25, 0.3) is 0 Å². The van der Waals surface area contributed by atoms with Gasteiger partial charge in [0.2, 0.25) is 5.91 Å². The number of carbonyl (C=O) groups is 1. The van der Waals surface area contributed by atoms with Crippen molar-refractivity contribution < 1.29 is 9.90 Å². The number of hydrogen-bond acceptors (Lipinski definition) is 3. The topological polar surface area (TPSA) is 66.6 Å². The summed E-state index contributed by atoms with van der Waals surface area (Å²) in [5, 5.41) is 9.62. The number of nitrogens with two attached hydrogens (primary N) is 1. The van der Waals surface area contributed by atoms with E-state index in [0.717, 1.165) is 45.2 Å². The Kier molecular flexibility index (Phi) is 4.85. The van der Waals surface area contributed by atoms with Crippen LogP contribution in [-0.2, 0) is 4.79 Å². The van der Waals surface area contributed by atoms with Gasteiger partial charge in [-0.15, -0.1) is 0 Å². The second-order valence-electron chi connectivity index (χ2n) is 6.55. The summed E-state index contributed by atoms with van der Waals surface area (Å²) < 4.78 is 0. The Morgan fingerprint density at radius 2 is 2.00 bits per heavy atom. The molecule has 5 atom stereocenters. The number of carbonyl (C=O) groups excluding carboxylic acids is 1. The molecule has 19 heavy (non-hydrogen) atoms. The minimum atomic E-state index is -0.309. The molecule has 0 radical (unpaired) electrons. The number of aliphatic hydroxyl groups excluding tert-OH is 1. The molecule has 1 heterocycles. The molecular formula is C15H28N2O2. The maximum absolute atomic E-state index is 12.5. The lowest BCUT2D eigenvalue weighted by Crippen LogP contribution is -2.40. The predicted molar refractivity (Wildman–Crippen MR) is 75.5 cm³/mol. The molecule has 0 bridgehead atoms. The first kappa shape index (κ1) is 14.8. The Morgan fingerprint density at radius 3 is 2.58 bits per heavy atom. The van der Waals surface area contributed by atoms with Crippen LogP contribution in [0.4, 0.5) is 0 Å². The van der Waals surface area contributed by atoms with Crippen LogP contribution in [-0.4, -0.2) is 41.1 Å². The molecule has 5 unspecified atom stereocenters. The average Bonchev–Trinajstić information content (AvgIpc) is 2.86. The zero-order valence-corrected chi connectivity index (χ0v) is 12.2. The van der Waals surface area contributed by atoms with E-state index in [1.54, 1.807) is 0 Å². The van der Waals surface area contributed by atoms with Crippen molar-refractivity contribution in [3.63, 3.8) is 0 Å². The van der Waals surface area contributed by atoms with Gasteiger partial charge >= 0.3 is 0 Å². The third kappa shape index (κ3) is 3.48. The van der Waals surface area contributed by atoms with E-state index in [1.807, 2.05) is 11.8 Å². The van der Waals surface area contributed by atoms with Crippen molar-refractivity contribution >= 4 is 5.91 Å². The largest absolute Gasteiger partial charge is 0.393 e. The normalized spacial score (nSPS) is 35.2. The number of hydrogen-bond donors (Lipinski definition) is 2. The molecule has 1 saturated heterocycles. The van der Waals surface area contributed by atoms with Crippen LogP contribution < -0.4 is 5.73 Å². The summed E-state index contributed by atoms with van der Waals surface area (Å²) >= 11 is 0. The van der Waals surface area contributed by atoms with Gasteiger partial charge in [-0.1, -0.05) is 13.3 Å². The highest BCUT2D eigenvalue weighted by molar-refractivity contribution is 5.79. The predicted octanol–water partition coefficient (Wildman–Crippen LogP) is 1.37. The molecule has 0 spiro atoms. The van der Waals surface area contributed by atoms with Crippen molar-refractivity contribution in [2.45, 2.75) is 58.1 Å². The summed E-state index contributed by atoms with van der Waals surface area (Å²) in [6.45, 7) is 5.40. The molecule has 110 valence electrons. The summed E-state index contributed by atoms with van der Waals surface area (Å²) in [6.07, 6.45) is 5.00. The fraction of sp³-hybridized carbons (Fsp3) is 0.933. The van der Waals surface area contributed by atoms with Crippen LogP contribution in [0, 0.1) is 17.8 Å². The fourth-order valence-corrected chi connectivity index (χ4v) is 3.59. The van der Waals surface area contributed by atoms with Gasteiger partial charge in [-0.2, -0.15) is 0 Å². The van der Waals surface area contributed by atoms with Gasteiger partial charge in [0.15, 0.2) is 0 Å². The Labute approximate surface area is 116 Å². The van der Waals surface area contributed by atoms with Crippen molar-refractivity contribution in [2.75, 3.05) is 13.1 Å². The van der Waals surface area contributed by atoms with Gasteiger partial charge in [-0.05, 0) is 38.5 Å². The molecule has 0 aromatic heterocycles. The van der Waals surface area contributed by atoms with Gasteiger partial charge in [0.1, 0.15) is 0 Å². The van der Waals surface area contributed by atoms with Gasteiger partial charge in [-0.25, -0.2) is 0 Å². The summed E-state index contributed by atoms with van der Waals surface area (Å²) in [6, 6.07) is 0.276. The minimum absolute atomic E-state index is 0.0825. The highest BCUT2D eigenvalue weighted by Gasteiger charge is 2.35. The highest BCUT2D eigenvalue weighted by Crippen LogP contribution is 2.32. The molecule has 1 saturated carbocycles. The third-order valence-electron chi connectivity index (χ3n) is 5.07. The molecule has 0 aromatic rings.